The van der Waals surface area contributed by atoms with Crippen molar-refractivity contribution < 1.29 is 24.9 Å². The Kier molecular flexibility index (Phi) is 5.01. The number of carboxylic acid groups (broad SMARTS) is 1. The molecule has 0 aliphatic heterocycles. The number of aliphatic hydroxyl groups excluding tert-OH is 2. The Hall–Kier alpha value is -1.14. The summed E-state index contributed by atoms with van der Waals surface area (Å²) >= 11 is 0. The van der Waals surface area contributed by atoms with Crippen molar-refractivity contribution in [3.63, 3.8) is 0 Å². The van der Waals surface area contributed by atoms with E-state index in [9.17, 15) is 9.59 Å². The zero-order valence-electron chi connectivity index (χ0n) is 7.23. The summed E-state index contributed by atoms with van der Waals surface area (Å²) in [5.74, 6) is -2.50. The molecular weight excluding hydrogens is 178 g/mol. The summed E-state index contributed by atoms with van der Waals surface area (Å²) in [6.45, 7) is 2.14. The highest BCUT2D eigenvalue weighted by Gasteiger charge is 2.29. The van der Waals surface area contributed by atoms with Gasteiger partial charge < -0.3 is 20.6 Å². The van der Waals surface area contributed by atoms with Crippen molar-refractivity contribution in [3.05, 3.63) is 0 Å². The lowest BCUT2D eigenvalue weighted by Gasteiger charge is -2.13. The number of carboxylic acids is 1. The molecule has 0 aromatic carbocycles. The fourth-order valence-electron chi connectivity index (χ4n) is 0.631. The second-order valence-electron chi connectivity index (χ2n) is 2.52. The van der Waals surface area contributed by atoms with Crippen LogP contribution < -0.4 is 5.32 Å². The molecule has 0 saturated carbocycles. The first-order valence-electron chi connectivity index (χ1n) is 3.87. The van der Waals surface area contributed by atoms with Crippen LogP contribution in [0.3, 0.4) is 0 Å². The topological polar surface area (TPSA) is 107 Å². The molecule has 13 heavy (non-hydrogen) atoms. The van der Waals surface area contributed by atoms with Crippen LogP contribution >= 0.6 is 0 Å². The van der Waals surface area contributed by atoms with Gasteiger partial charge >= 0.3 is 5.97 Å². The summed E-state index contributed by atoms with van der Waals surface area (Å²) in [4.78, 5) is 21.0. The fourth-order valence-corrected chi connectivity index (χ4v) is 0.631. The van der Waals surface area contributed by atoms with E-state index in [2.05, 4.69) is 5.32 Å². The van der Waals surface area contributed by atoms with Crippen LogP contribution in [-0.4, -0.2) is 45.9 Å². The second kappa shape index (κ2) is 5.50. The smallest absolute Gasteiger partial charge is 0.335 e. The summed E-state index contributed by atoms with van der Waals surface area (Å²) in [5, 5.41) is 28.2. The van der Waals surface area contributed by atoms with Crippen LogP contribution in [0.1, 0.15) is 13.3 Å². The zero-order chi connectivity index (χ0) is 10.4. The zero-order valence-corrected chi connectivity index (χ0v) is 7.23. The molecule has 0 aliphatic carbocycles. The Morgan fingerprint density at radius 2 is 1.85 bits per heavy atom. The number of rotatable bonds is 5. The molecule has 0 aromatic heterocycles. The molecule has 6 nitrogen and oxygen atoms in total. The predicted octanol–water partition coefficient (Wildman–Crippen LogP) is -1.68. The van der Waals surface area contributed by atoms with Gasteiger partial charge in [-0.25, -0.2) is 4.79 Å². The maximum absolute atomic E-state index is 10.9. The van der Waals surface area contributed by atoms with E-state index in [1.54, 1.807) is 6.92 Å². The van der Waals surface area contributed by atoms with Gasteiger partial charge in [-0.3, -0.25) is 4.79 Å². The number of amides is 1. The Bertz CT molecular complexity index is 193. The normalized spacial score (nSPS) is 14.7. The quantitative estimate of drug-likeness (QED) is 0.415. The Morgan fingerprint density at radius 1 is 1.31 bits per heavy atom. The molecule has 76 valence electrons. The van der Waals surface area contributed by atoms with E-state index >= 15 is 0 Å². The highest BCUT2D eigenvalue weighted by molar-refractivity contribution is 5.87. The predicted molar refractivity (Wildman–Crippen MR) is 43.0 cm³/mol. The van der Waals surface area contributed by atoms with Crippen molar-refractivity contribution in [3.8, 4) is 0 Å². The van der Waals surface area contributed by atoms with Gasteiger partial charge in [-0.1, -0.05) is 6.92 Å². The van der Waals surface area contributed by atoms with Gasteiger partial charge in [0.15, 0.2) is 12.2 Å². The number of aliphatic carboxylic acids is 1. The largest absolute Gasteiger partial charge is 0.479 e. The number of hydrogen-bond acceptors (Lipinski definition) is 4. The molecule has 0 heterocycles. The van der Waals surface area contributed by atoms with Crippen LogP contribution in [0.5, 0.6) is 0 Å². The van der Waals surface area contributed by atoms with Crippen molar-refractivity contribution in [2.45, 2.75) is 25.6 Å². The van der Waals surface area contributed by atoms with Gasteiger partial charge in [-0.2, -0.15) is 0 Å². The highest BCUT2D eigenvalue weighted by atomic mass is 16.4. The number of hydrogen-bond donors (Lipinski definition) is 4. The van der Waals surface area contributed by atoms with E-state index in [-0.39, 0.29) is 0 Å². The van der Waals surface area contributed by atoms with Crippen molar-refractivity contribution in [2.24, 2.45) is 0 Å². The van der Waals surface area contributed by atoms with E-state index in [4.69, 9.17) is 15.3 Å². The lowest BCUT2D eigenvalue weighted by Crippen LogP contribution is -2.45. The minimum Gasteiger partial charge on any atom is -0.479 e. The summed E-state index contributed by atoms with van der Waals surface area (Å²) < 4.78 is 0. The Morgan fingerprint density at radius 3 is 2.23 bits per heavy atom. The van der Waals surface area contributed by atoms with Crippen LogP contribution in [0, 0.1) is 0 Å². The number of nitrogens with one attached hydrogen (secondary N) is 1. The van der Waals surface area contributed by atoms with E-state index in [1.807, 2.05) is 0 Å². The molecule has 1 amide bonds. The Balaban J connectivity index is 4.01. The third-order valence-corrected chi connectivity index (χ3v) is 1.37. The highest BCUT2D eigenvalue weighted by Crippen LogP contribution is 1.93. The van der Waals surface area contributed by atoms with Crippen LogP contribution in [0.2, 0.25) is 0 Å². The molecular formula is C7H13NO5. The van der Waals surface area contributed by atoms with Crippen LogP contribution in [-0.2, 0) is 9.59 Å². The number of carbonyl (C=O) groups is 2. The molecule has 2 unspecified atom stereocenters. The standard InChI is InChI=1S/C7H13NO5/c1-2-3-8-6(11)4(9)5(10)7(12)13/h4-5,9-10H,2-3H2,1H3,(H,8,11)(H,12,13). The summed E-state index contributed by atoms with van der Waals surface area (Å²) in [6.07, 6.45) is -3.32. The summed E-state index contributed by atoms with van der Waals surface area (Å²) in [5.41, 5.74) is 0. The van der Waals surface area contributed by atoms with Crippen molar-refractivity contribution in [2.75, 3.05) is 6.54 Å². The second-order valence-corrected chi connectivity index (χ2v) is 2.52. The molecule has 0 fully saturated rings. The summed E-state index contributed by atoms with van der Waals surface area (Å²) in [7, 11) is 0. The third kappa shape index (κ3) is 3.86. The van der Waals surface area contributed by atoms with Crippen molar-refractivity contribution in [1.82, 2.24) is 5.32 Å². The van der Waals surface area contributed by atoms with Gasteiger partial charge in [-0.15, -0.1) is 0 Å². The number of aliphatic hydroxyl groups is 2. The molecule has 0 rings (SSSR count). The third-order valence-electron chi connectivity index (χ3n) is 1.37. The molecule has 2 atom stereocenters. The van der Waals surface area contributed by atoms with Crippen molar-refractivity contribution >= 4 is 11.9 Å². The van der Waals surface area contributed by atoms with Gasteiger partial charge in [0.25, 0.3) is 5.91 Å². The van der Waals surface area contributed by atoms with Crippen LogP contribution in [0.15, 0.2) is 0 Å². The van der Waals surface area contributed by atoms with Gasteiger partial charge in [0.2, 0.25) is 0 Å². The van der Waals surface area contributed by atoms with E-state index in [1.165, 1.54) is 0 Å². The lowest BCUT2D eigenvalue weighted by atomic mass is 10.2. The van der Waals surface area contributed by atoms with E-state index in [0.717, 1.165) is 0 Å². The SMILES string of the molecule is CCCNC(=O)C(O)C(O)C(=O)O. The fraction of sp³-hybridized carbons (Fsp3) is 0.714. The first-order valence-corrected chi connectivity index (χ1v) is 3.87. The maximum atomic E-state index is 10.9. The minimum atomic E-state index is -2.07. The molecule has 0 saturated heterocycles. The van der Waals surface area contributed by atoms with Crippen LogP contribution in [0.25, 0.3) is 0 Å². The molecule has 4 N–H and O–H groups in total. The van der Waals surface area contributed by atoms with E-state index in [0.29, 0.717) is 13.0 Å². The Labute approximate surface area is 75.2 Å². The van der Waals surface area contributed by atoms with Gasteiger partial charge in [0, 0.05) is 6.54 Å². The average molecular weight is 191 g/mol. The average Bonchev–Trinajstić information content (AvgIpc) is 2.11. The maximum Gasteiger partial charge on any atom is 0.335 e. The monoisotopic (exact) mass is 191 g/mol. The van der Waals surface area contributed by atoms with Crippen molar-refractivity contribution in [1.29, 1.82) is 0 Å². The minimum absolute atomic E-state index is 0.336. The van der Waals surface area contributed by atoms with Gasteiger partial charge in [0.1, 0.15) is 0 Å². The summed E-state index contributed by atoms with van der Waals surface area (Å²) in [6, 6.07) is 0. The first kappa shape index (κ1) is 11.9. The lowest BCUT2D eigenvalue weighted by molar-refractivity contribution is -0.158. The molecule has 0 bridgehead atoms. The van der Waals surface area contributed by atoms with Crippen LogP contribution in [0.4, 0.5) is 0 Å². The van der Waals surface area contributed by atoms with Gasteiger partial charge in [-0.05, 0) is 6.42 Å². The van der Waals surface area contributed by atoms with E-state index < -0.39 is 24.1 Å². The first-order chi connectivity index (χ1) is 6.00. The molecule has 6 heteroatoms. The molecule has 0 spiro atoms. The molecule has 0 aromatic rings. The van der Waals surface area contributed by atoms with Gasteiger partial charge in [0.05, 0.1) is 0 Å². The number of carbonyl (C=O) groups excluding carboxylic acids is 1. The molecule has 0 aliphatic rings. The molecule has 0 radical (unpaired) electrons.